The van der Waals surface area contributed by atoms with E-state index in [1.165, 1.54) is 11.3 Å². The third-order valence-corrected chi connectivity index (χ3v) is 7.70. The molecule has 2 saturated heterocycles. The van der Waals surface area contributed by atoms with Crippen LogP contribution in [-0.2, 0) is 22.6 Å². The maximum absolute atomic E-state index is 12.4. The van der Waals surface area contributed by atoms with Gasteiger partial charge in [0, 0.05) is 57.7 Å². The third kappa shape index (κ3) is 5.67. The van der Waals surface area contributed by atoms with E-state index < -0.39 is 5.60 Å². The molecule has 0 spiro atoms. The minimum Gasteiger partial charge on any atom is -0.483 e. The number of carbonyl (C=O) groups excluding carboxylic acids is 1. The van der Waals surface area contributed by atoms with Gasteiger partial charge in [0.05, 0.1) is 24.6 Å². The molecular weight excluding hydrogens is 506 g/mol. The van der Waals surface area contributed by atoms with Crippen molar-refractivity contribution in [1.82, 2.24) is 19.4 Å². The van der Waals surface area contributed by atoms with E-state index in [1.54, 1.807) is 4.90 Å². The lowest BCUT2D eigenvalue weighted by atomic mass is 10.0. The lowest BCUT2D eigenvalue weighted by molar-refractivity contribution is 0.0240. The zero-order valence-corrected chi connectivity index (χ0v) is 24.0. The molecular formula is C31H39N5O4. The number of hydrogen-bond donors (Lipinski definition) is 0. The standard InChI is InChI=1S/C31H39N5O4/c1-22-17-23(5-7-26(22)34-9-11-35(12-10-34)30(37)40-31(2,3)4)24-6-8-27-28(18-24)39-21-29-32-25(20-36(27)29)19-33-13-15-38-16-14-33/h5-8,17-18,20H,9-16,19,21H2,1-4H3. The molecule has 4 heterocycles. The first-order valence-electron chi connectivity index (χ1n) is 14.2. The minimum atomic E-state index is -0.477. The van der Waals surface area contributed by atoms with E-state index in [2.05, 4.69) is 63.9 Å². The molecule has 40 heavy (non-hydrogen) atoms. The van der Waals surface area contributed by atoms with Gasteiger partial charge in [-0.3, -0.25) is 9.47 Å². The summed E-state index contributed by atoms with van der Waals surface area (Å²) in [5.74, 6) is 1.82. The Labute approximate surface area is 236 Å². The van der Waals surface area contributed by atoms with Crippen LogP contribution in [0.25, 0.3) is 16.8 Å². The summed E-state index contributed by atoms with van der Waals surface area (Å²) in [7, 11) is 0. The zero-order valence-electron chi connectivity index (χ0n) is 24.0. The van der Waals surface area contributed by atoms with E-state index in [9.17, 15) is 4.79 Å². The van der Waals surface area contributed by atoms with Crippen LogP contribution in [0.2, 0.25) is 0 Å². The number of piperazine rings is 1. The van der Waals surface area contributed by atoms with Crippen molar-refractivity contribution in [2.75, 3.05) is 57.4 Å². The Morgan fingerprint density at radius 1 is 0.950 bits per heavy atom. The fourth-order valence-corrected chi connectivity index (χ4v) is 5.64. The van der Waals surface area contributed by atoms with Crippen LogP contribution in [0.1, 0.15) is 37.9 Å². The number of aryl methyl sites for hydroxylation is 1. The predicted octanol–water partition coefficient (Wildman–Crippen LogP) is 4.63. The van der Waals surface area contributed by atoms with E-state index in [4.69, 9.17) is 19.2 Å². The Hall–Kier alpha value is -3.56. The number of rotatable bonds is 4. The van der Waals surface area contributed by atoms with Crippen LogP contribution < -0.4 is 9.64 Å². The maximum Gasteiger partial charge on any atom is 0.410 e. The average molecular weight is 546 g/mol. The van der Waals surface area contributed by atoms with E-state index in [1.807, 2.05) is 20.8 Å². The average Bonchev–Trinajstić information content (AvgIpc) is 3.35. The molecule has 2 fully saturated rings. The van der Waals surface area contributed by atoms with Crippen LogP contribution in [0, 0.1) is 6.92 Å². The molecule has 6 rings (SSSR count). The number of morpholine rings is 1. The number of amides is 1. The zero-order chi connectivity index (χ0) is 27.9. The molecule has 0 bridgehead atoms. The van der Waals surface area contributed by atoms with Crippen molar-refractivity contribution >= 4 is 11.8 Å². The molecule has 0 radical (unpaired) electrons. The number of benzene rings is 2. The SMILES string of the molecule is Cc1cc(-c2ccc3c(c2)OCc2nc(CN4CCOCC4)cn2-3)ccc1N1CCN(C(=O)OC(C)(C)C)CC1. The second-order valence-corrected chi connectivity index (χ2v) is 11.8. The van der Waals surface area contributed by atoms with Gasteiger partial charge < -0.3 is 24.0 Å². The number of imidazole rings is 1. The van der Waals surface area contributed by atoms with Crippen LogP contribution in [-0.4, -0.2) is 83.5 Å². The maximum atomic E-state index is 12.4. The number of ether oxygens (including phenoxy) is 3. The molecule has 9 heteroatoms. The van der Waals surface area contributed by atoms with Gasteiger partial charge in [0.25, 0.3) is 0 Å². The molecule has 0 atom stereocenters. The van der Waals surface area contributed by atoms with E-state index in [-0.39, 0.29) is 6.09 Å². The highest BCUT2D eigenvalue weighted by Gasteiger charge is 2.27. The summed E-state index contributed by atoms with van der Waals surface area (Å²) < 4.78 is 19.3. The Bertz CT molecular complexity index is 1380. The van der Waals surface area contributed by atoms with Crippen molar-refractivity contribution in [3.8, 4) is 22.6 Å². The lowest BCUT2D eigenvalue weighted by Crippen LogP contribution is -2.50. The van der Waals surface area contributed by atoms with Gasteiger partial charge in [0.15, 0.2) is 5.82 Å². The fourth-order valence-electron chi connectivity index (χ4n) is 5.64. The lowest BCUT2D eigenvalue weighted by Gasteiger charge is -2.37. The number of aromatic nitrogens is 2. The Balaban J connectivity index is 1.14. The van der Waals surface area contributed by atoms with Gasteiger partial charge in [-0.25, -0.2) is 9.78 Å². The summed E-state index contributed by atoms with van der Waals surface area (Å²) in [6.45, 7) is 15.5. The second-order valence-electron chi connectivity index (χ2n) is 11.8. The van der Waals surface area contributed by atoms with Crippen molar-refractivity contribution in [2.24, 2.45) is 0 Å². The van der Waals surface area contributed by atoms with Gasteiger partial charge in [-0.2, -0.15) is 0 Å². The minimum absolute atomic E-state index is 0.231. The number of fused-ring (bicyclic) bond motifs is 3. The highest BCUT2D eigenvalue weighted by molar-refractivity contribution is 5.73. The first kappa shape index (κ1) is 26.7. The van der Waals surface area contributed by atoms with Crippen molar-refractivity contribution < 1.29 is 19.0 Å². The molecule has 3 aliphatic rings. The Morgan fingerprint density at radius 2 is 1.65 bits per heavy atom. The van der Waals surface area contributed by atoms with Gasteiger partial charge in [-0.15, -0.1) is 0 Å². The molecule has 0 aliphatic carbocycles. The number of hydrogen-bond acceptors (Lipinski definition) is 7. The Kier molecular flexibility index (Phi) is 7.18. The van der Waals surface area contributed by atoms with E-state index >= 15 is 0 Å². The van der Waals surface area contributed by atoms with E-state index in [0.29, 0.717) is 19.7 Å². The smallest absolute Gasteiger partial charge is 0.410 e. The first-order valence-corrected chi connectivity index (χ1v) is 14.2. The largest absolute Gasteiger partial charge is 0.483 e. The molecule has 0 N–H and O–H groups in total. The molecule has 3 aromatic rings. The molecule has 2 aromatic carbocycles. The molecule has 0 unspecified atom stereocenters. The molecule has 1 amide bonds. The summed E-state index contributed by atoms with van der Waals surface area (Å²) >= 11 is 0. The normalized spacial score (nSPS) is 17.7. The summed E-state index contributed by atoms with van der Waals surface area (Å²) in [4.78, 5) is 23.8. The second kappa shape index (κ2) is 10.8. The van der Waals surface area contributed by atoms with Crippen LogP contribution in [0.3, 0.4) is 0 Å². The van der Waals surface area contributed by atoms with Crippen LogP contribution >= 0.6 is 0 Å². The highest BCUT2D eigenvalue weighted by atomic mass is 16.6. The van der Waals surface area contributed by atoms with E-state index in [0.717, 1.165) is 80.0 Å². The number of carbonyl (C=O) groups is 1. The summed E-state index contributed by atoms with van der Waals surface area (Å²) in [6, 6.07) is 13.0. The van der Waals surface area contributed by atoms with Crippen molar-refractivity contribution in [2.45, 2.75) is 46.4 Å². The van der Waals surface area contributed by atoms with Crippen LogP contribution in [0.5, 0.6) is 5.75 Å². The molecule has 1 aromatic heterocycles. The third-order valence-electron chi connectivity index (χ3n) is 7.70. The van der Waals surface area contributed by atoms with Gasteiger partial charge in [0.2, 0.25) is 0 Å². The topological polar surface area (TPSA) is 72.3 Å². The summed E-state index contributed by atoms with van der Waals surface area (Å²) in [5.41, 5.74) is 6.32. The quantitative estimate of drug-likeness (QED) is 0.473. The van der Waals surface area contributed by atoms with Crippen molar-refractivity contribution in [3.05, 3.63) is 59.7 Å². The molecule has 9 nitrogen and oxygen atoms in total. The van der Waals surface area contributed by atoms with Crippen molar-refractivity contribution in [3.63, 3.8) is 0 Å². The summed E-state index contributed by atoms with van der Waals surface area (Å²) in [6.07, 6.45) is 1.91. The monoisotopic (exact) mass is 545 g/mol. The molecule has 3 aliphatic heterocycles. The van der Waals surface area contributed by atoms with Gasteiger partial charge in [-0.1, -0.05) is 12.1 Å². The molecule has 0 saturated carbocycles. The van der Waals surface area contributed by atoms with Crippen LogP contribution in [0.15, 0.2) is 42.6 Å². The summed E-state index contributed by atoms with van der Waals surface area (Å²) in [5, 5.41) is 0. The van der Waals surface area contributed by atoms with Gasteiger partial charge in [-0.05, 0) is 68.7 Å². The fraction of sp³-hybridized carbons (Fsp3) is 0.484. The molecule has 212 valence electrons. The van der Waals surface area contributed by atoms with Gasteiger partial charge in [0.1, 0.15) is 18.0 Å². The van der Waals surface area contributed by atoms with Crippen LogP contribution in [0.4, 0.5) is 10.5 Å². The number of nitrogens with zero attached hydrogens (tertiary/aromatic N) is 5. The number of anilines is 1. The predicted molar refractivity (Wildman–Crippen MR) is 154 cm³/mol. The Morgan fingerprint density at radius 3 is 2.35 bits per heavy atom. The van der Waals surface area contributed by atoms with Gasteiger partial charge >= 0.3 is 6.09 Å². The highest BCUT2D eigenvalue weighted by Crippen LogP contribution is 2.36. The first-order chi connectivity index (χ1) is 19.2. The van der Waals surface area contributed by atoms with Crippen molar-refractivity contribution in [1.29, 1.82) is 0 Å².